The molecule has 3 heteroatoms. The van der Waals surface area contributed by atoms with E-state index in [-0.39, 0.29) is 0 Å². The van der Waals surface area contributed by atoms with E-state index in [0.29, 0.717) is 0 Å². The third kappa shape index (κ3) is 1.95. The molecule has 0 amide bonds. The van der Waals surface area contributed by atoms with Crippen molar-refractivity contribution >= 4 is 0 Å². The highest BCUT2D eigenvalue weighted by Gasteiger charge is 2.02. The second-order valence-corrected chi connectivity index (χ2v) is 1.69. The van der Waals surface area contributed by atoms with Crippen LogP contribution >= 0.6 is 0 Å². The molecule has 0 aliphatic heterocycles. The first-order chi connectivity index (χ1) is 11.0. The van der Waals surface area contributed by atoms with Gasteiger partial charge in [0.25, 0.3) is 0 Å². The average molecular weight is 180 g/mol. The van der Waals surface area contributed by atoms with Gasteiger partial charge in [-0.25, -0.2) is 0 Å². The highest BCUT2D eigenvalue weighted by atomic mass is 16.5. The Labute approximate surface area is 90.4 Å². The van der Waals surface area contributed by atoms with Gasteiger partial charge in [0.05, 0.1) is 21.3 Å². The molecule has 1 N–H and O–H groups in total. The summed E-state index contributed by atoms with van der Waals surface area (Å²) in [6, 6.07) is -2.13. The fourth-order valence-corrected chi connectivity index (χ4v) is 0.560. The van der Waals surface area contributed by atoms with Gasteiger partial charge >= 0.3 is 0 Å². The lowest BCUT2D eigenvalue weighted by atomic mass is 10.3. The standard InChI is InChI=1S/C9H13NO2/c1-3-12-9-5-4-7(2)10-8(9)6-11/h4-5,11H,3,6H2,1-2H3/i1D3,2D3,3D2,4D,5D,6D2,11D. The SMILES string of the molecule is [2H]OC([2H])([2H])c1nc(C([2H])([2H])[2H])c([2H])c([2H])c1OC([2H])([2H])C([2H])([2H])[2H]. The summed E-state index contributed by atoms with van der Waals surface area (Å²) in [6.45, 7) is -13.0. The number of hydrogen-bond acceptors (Lipinski definition) is 3. The molecule has 0 bridgehead atoms. The first-order valence-electron chi connectivity index (χ1n) is 9.22. The van der Waals surface area contributed by atoms with Crippen molar-refractivity contribution in [1.29, 1.82) is 1.43 Å². The zero-order valence-electron chi connectivity index (χ0n) is 18.8. The molecule has 0 spiro atoms. The van der Waals surface area contributed by atoms with Crippen LogP contribution in [0.15, 0.2) is 12.1 Å². The van der Waals surface area contributed by atoms with Gasteiger partial charge in [0, 0.05) is 13.9 Å². The van der Waals surface area contributed by atoms with E-state index in [4.69, 9.17) is 17.9 Å². The lowest BCUT2D eigenvalue weighted by Gasteiger charge is -2.07. The van der Waals surface area contributed by atoms with Crippen LogP contribution in [-0.4, -0.2) is 18.1 Å². The van der Waals surface area contributed by atoms with Gasteiger partial charge in [0.2, 0.25) is 1.43 Å². The molecule has 3 nitrogen and oxygen atoms in total. The van der Waals surface area contributed by atoms with Gasteiger partial charge in [0.15, 0.2) is 0 Å². The highest BCUT2D eigenvalue weighted by Crippen LogP contribution is 2.16. The van der Waals surface area contributed by atoms with Crippen molar-refractivity contribution in [1.82, 2.24) is 4.98 Å². The van der Waals surface area contributed by atoms with Gasteiger partial charge in [-0.2, -0.15) is 0 Å². The van der Waals surface area contributed by atoms with Gasteiger partial charge in [-0.15, -0.1) is 0 Å². The summed E-state index contributed by atoms with van der Waals surface area (Å²) in [5.41, 5.74) is -2.14. The van der Waals surface area contributed by atoms with Gasteiger partial charge in [-0.05, 0) is 25.8 Å². The van der Waals surface area contributed by atoms with E-state index in [2.05, 4.69) is 14.8 Å². The van der Waals surface area contributed by atoms with Crippen molar-refractivity contribution in [3.05, 3.63) is 23.5 Å². The number of aliphatic hydroxyl groups is 1. The van der Waals surface area contributed by atoms with Crippen LogP contribution in [0.4, 0.5) is 0 Å². The Morgan fingerprint density at radius 2 is 2.92 bits per heavy atom. The molecule has 1 aromatic rings. The van der Waals surface area contributed by atoms with Crippen LogP contribution in [-0.2, 0) is 6.56 Å². The van der Waals surface area contributed by atoms with Crippen molar-refractivity contribution in [3.8, 4) is 5.75 Å². The number of ether oxygens (including phenoxy) is 1. The van der Waals surface area contributed by atoms with Crippen LogP contribution in [0.5, 0.6) is 5.75 Å². The third-order valence-electron chi connectivity index (χ3n) is 0.983. The molecule has 12 heavy (non-hydrogen) atoms. The van der Waals surface area contributed by atoms with Crippen LogP contribution in [0.25, 0.3) is 0 Å². The van der Waals surface area contributed by atoms with Crippen LogP contribution in [0.3, 0.4) is 0 Å². The molecular formula is C9H13NO2. The Balaban J connectivity index is 3.75. The second kappa shape index (κ2) is 4.07. The Hall–Kier alpha value is -1.09. The number of rotatable bonds is 4. The molecule has 66 valence electrons. The topological polar surface area (TPSA) is 42.4 Å². The first-order valence-corrected chi connectivity index (χ1v) is 2.81. The van der Waals surface area contributed by atoms with E-state index < -0.39 is 56.0 Å². The average Bonchev–Trinajstić information content (AvgIpc) is 2.41. The van der Waals surface area contributed by atoms with Crippen molar-refractivity contribution in [2.24, 2.45) is 0 Å². The van der Waals surface area contributed by atoms with Gasteiger partial charge in [-0.1, -0.05) is 0 Å². The molecule has 1 aromatic heterocycles. The molecule has 0 radical (unpaired) electrons. The fourth-order valence-electron chi connectivity index (χ4n) is 0.560. The molecule has 1 rings (SSSR count). The number of pyridine rings is 1. The van der Waals surface area contributed by atoms with Crippen LogP contribution in [0.1, 0.15) is 34.7 Å². The molecule has 1 heterocycles. The molecule has 0 aliphatic rings. The summed E-state index contributed by atoms with van der Waals surface area (Å²) in [7, 11) is 0. The number of aryl methyl sites for hydroxylation is 1. The maximum absolute atomic E-state index is 7.76. The monoisotopic (exact) mass is 180 g/mol. The van der Waals surface area contributed by atoms with Crippen LogP contribution in [0.2, 0.25) is 0 Å². The van der Waals surface area contributed by atoms with Crippen LogP contribution in [0, 0.1) is 6.85 Å². The molecule has 0 aliphatic carbocycles. The third-order valence-corrected chi connectivity index (χ3v) is 0.983. The zero-order chi connectivity index (χ0) is 20.0. The minimum Gasteiger partial charge on any atom is -0.492 e. The first kappa shape index (κ1) is 1.87. The van der Waals surface area contributed by atoms with Crippen molar-refractivity contribution in [2.75, 3.05) is 6.56 Å². The summed E-state index contributed by atoms with van der Waals surface area (Å²) in [6.07, 6.45) is 0. The summed E-state index contributed by atoms with van der Waals surface area (Å²) in [5, 5.41) is 3.78. The van der Waals surface area contributed by atoms with Crippen molar-refractivity contribution in [3.63, 3.8) is 0 Å². The lowest BCUT2D eigenvalue weighted by molar-refractivity contribution is 0.261. The zero-order valence-corrected chi connectivity index (χ0v) is 5.76. The Kier molecular flexibility index (Phi) is 0.635. The molecule has 0 unspecified atom stereocenters. The van der Waals surface area contributed by atoms with E-state index in [1.807, 2.05) is 0 Å². The van der Waals surface area contributed by atoms with Crippen molar-refractivity contribution in [2.45, 2.75) is 20.3 Å². The summed E-state index contributed by atoms with van der Waals surface area (Å²) in [5.74, 6) is -1.14. The Bertz CT molecular complexity index is 650. The molecule has 0 atom stereocenters. The normalized spacial score (nSPS) is 30.2. The maximum atomic E-state index is 7.76. The van der Waals surface area contributed by atoms with E-state index in [1.54, 1.807) is 0 Å². The predicted octanol–water partition coefficient (Wildman–Crippen LogP) is 1.28. The molecule has 0 saturated carbocycles. The van der Waals surface area contributed by atoms with E-state index in [0.717, 1.165) is 0 Å². The smallest absolute Gasteiger partial charge is 0.211 e. The number of hydrogen-bond donors (Lipinski definition) is 1. The largest absolute Gasteiger partial charge is 0.492 e. The van der Waals surface area contributed by atoms with E-state index in [9.17, 15) is 0 Å². The van der Waals surface area contributed by atoms with Gasteiger partial charge < -0.3 is 9.85 Å². The molecule has 0 aromatic carbocycles. The van der Waals surface area contributed by atoms with Crippen LogP contribution < -0.4 is 4.74 Å². The number of aromatic nitrogens is 1. The van der Waals surface area contributed by atoms with E-state index in [1.165, 1.54) is 0 Å². The van der Waals surface area contributed by atoms with Gasteiger partial charge in [0.1, 0.15) is 11.4 Å². The summed E-state index contributed by atoms with van der Waals surface area (Å²) < 4.78 is 99.6. The summed E-state index contributed by atoms with van der Waals surface area (Å²) >= 11 is 0. The van der Waals surface area contributed by atoms with E-state index >= 15 is 0 Å². The second-order valence-electron chi connectivity index (χ2n) is 1.69. The minimum absolute atomic E-state index is 1.00. The van der Waals surface area contributed by atoms with Gasteiger partial charge in [-0.3, -0.25) is 4.98 Å². The predicted molar refractivity (Wildman–Crippen MR) is 46.1 cm³/mol. The fraction of sp³-hybridized carbons (Fsp3) is 0.444. The van der Waals surface area contributed by atoms with Crippen molar-refractivity contribution < 1.29 is 26.3 Å². The Morgan fingerprint density at radius 3 is 3.67 bits per heavy atom. The minimum atomic E-state index is -3.41. The molecular weight excluding hydrogens is 154 g/mol. The highest BCUT2D eigenvalue weighted by molar-refractivity contribution is 5.28. The molecule has 0 saturated heterocycles. The number of nitrogens with zero attached hydrogens (tertiary/aromatic N) is 1. The Morgan fingerprint density at radius 1 is 1.92 bits per heavy atom. The summed E-state index contributed by atoms with van der Waals surface area (Å²) in [4.78, 5) is 3.35. The quantitative estimate of drug-likeness (QED) is 0.759. The maximum Gasteiger partial charge on any atom is 0.211 e. The molecule has 0 fully saturated rings. The lowest BCUT2D eigenvalue weighted by Crippen LogP contribution is -1.99.